The van der Waals surface area contributed by atoms with Crippen molar-refractivity contribution in [2.24, 2.45) is 10.8 Å². The highest BCUT2D eigenvalue weighted by atomic mass is 16.2. The molecule has 4 aliphatic rings. The van der Waals surface area contributed by atoms with Crippen LogP contribution >= 0.6 is 0 Å². The molecule has 424 valence electrons. The Hall–Kier alpha value is -6.17. The predicted molar refractivity (Wildman–Crippen MR) is 303 cm³/mol. The van der Waals surface area contributed by atoms with Crippen LogP contribution in [0.25, 0.3) is 0 Å². The van der Waals surface area contributed by atoms with Crippen LogP contribution in [0.15, 0.2) is 72.8 Å². The van der Waals surface area contributed by atoms with E-state index in [0.29, 0.717) is 17.5 Å². The van der Waals surface area contributed by atoms with Gasteiger partial charge in [-0.25, -0.2) is 0 Å². The van der Waals surface area contributed by atoms with Gasteiger partial charge < -0.3 is 52.3 Å². The van der Waals surface area contributed by atoms with Gasteiger partial charge in [-0.3, -0.25) is 33.6 Å². The molecule has 2 fully saturated rings. The zero-order chi connectivity index (χ0) is 56.6. The first kappa shape index (κ1) is 59.5. The van der Waals surface area contributed by atoms with Gasteiger partial charge in [0.1, 0.15) is 18.1 Å². The molecule has 0 spiro atoms. The van der Waals surface area contributed by atoms with Gasteiger partial charge in [0.2, 0.25) is 41.4 Å². The third kappa shape index (κ3) is 14.7. The number of carbonyl (C=O) groups excluding carboxylic acids is 7. The minimum absolute atomic E-state index is 0.00544. The number of aryl methyl sites for hydroxylation is 2. The number of nitrogens with one attached hydrogen (secondary N) is 8. The first-order valence-corrected chi connectivity index (χ1v) is 28.4. The summed E-state index contributed by atoms with van der Waals surface area (Å²) in [5, 5.41) is 25.3. The Morgan fingerprint density at radius 1 is 0.577 bits per heavy atom. The molecule has 0 bridgehead atoms. The molecular formula is C61H88N10O7. The molecule has 0 saturated carbocycles. The quantitative estimate of drug-likeness (QED) is 0.0842. The lowest BCUT2D eigenvalue weighted by Gasteiger charge is -2.39. The van der Waals surface area contributed by atoms with Crippen molar-refractivity contribution in [2.45, 2.75) is 193 Å². The van der Waals surface area contributed by atoms with E-state index >= 15 is 0 Å². The zero-order valence-electron chi connectivity index (χ0n) is 48.0. The number of fused-ring (bicyclic) bond motifs is 2. The molecule has 0 radical (unpaired) electrons. The zero-order valence-corrected chi connectivity index (χ0v) is 48.0. The highest BCUT2D eigenvalue weighted by Gasteiger charge is 2.47. The van der Waals surface area contributed by atoms with Crippen LogP contribution in [0.3, 0.4) is 0 Å². The molecular weight excluding hydrogens is 985 g/mol. The standard InChI is InChI=1S/C61H88N10O7/c1-36(64-47-27-17-23-41-21-12-14-25-45(41)47)49-32-43(34-70(49)58(77)53(60(4,5)6)68-55(74)37(2)62-10)65-51(72)30-39-19-16-20-40(29-39)31-52(73)66-44-33-50(57(76)67-48-28-18-24-42-22-13-15-26-46(42)48)71(35-44)59(78)54(61(7,8)9)69-56(75)38(3)63-11/h12-16,19-22,25-26,29,36-38,43-44,47-50,53-54,62-64H,17-18,23-24,27-28,30-35H2,1-11H3,(H,65,72)(H,66,73)(H,67,76)(H,68,74)(H,69,75)/t36?,37-,38-,43-,44-,47+,48+,49-,50-,53+,54+/m0/s1. The van der Waals surface area contributed by atoms with E-state index in [1.807, 2.05) is 88.9 Å². The third-order valence-electron chi connectivity index (χ3n) is 16.5. The highest BCUT2D eigenvalue weighted by Crippen LogP contribution is 2.34. The van der Waals surface area contributed by atoms with Gasteiger partial charge in [-0.2, -0.15) is 0 Å². The maximum absolute atomic E-state index is 14.8. The summed E-state index contributed by atoms with van der Waals surface area (Å²) in [4.78, 5) is 102. The number of hydrogen-bond donors (Lipinski definition) is 8. The van der Waals surface area contributed by atoms with Crippen molar-refractivity contribution in [2.75, 3.05) is 27.2 Å². The van der Waals surface area contributed by atoms with Crippen LogP contribution in [0.2, 0.25) is 0 Å². The van der Waals surface area contributed by atoms with Crippen molar-refractivity contribution < 1.29 is 33.6 Å². The lowest BCUT2D eigenvalue weighted by Crippen LogP contribution is -2.60. The van der Waals surface area contributed by atoms with E-state index in [-0.39, 0.29) is 98.0 Å². The van der Waals surface area contributed by atoms with E-state index in [1.165, 1.54) is 21.6 Å². The molecule has 2 saturated heterocycles. The minimum Gasteiger partial charge on any atom is -0.351 e. The van der Waals surface area contributed by atoms with Gasteiger partial charge in [0.25, 0.3) is 0 Å². The smallest absolute Gasteiger partial charge is 0.246 e. The van der Waals surface area contributed by atoms with Crippen LogP contribution in [-0.2, 0) is 59.2 Å². The van der Waals surface area contributed by atoms with E-state index in [4.69, 9.17) is 0 Å². The van der Waals surface area contributed by atoms with Crippen LogP contribution in [0.1, 0.15) is 146 Å². The maximum atomic E-state index is 14.8. The van der Waals surface area contributed by atoms with Gasteiger partial charge in [0, 0.05) is 43.3 Å². The Balaban J connectivity index is 1.02. The summed E-state index contributed by atoms with van der Waals surface area (Å²) in [6.07, 6.45) is 6.39. The molecule has 8 N–H and O–H groups in total. The Morgan fingerprint density at radius 3 is 1.55 bits per heavy atom. The summed E-state index contributed by atoms with van der Waals surface area (Å²) in [6.45, 7) is 17.4. The molecule has 7 rings (SSSR count). The van der Waals surface area contributed by atoms with Crippen molar-refractivity contribution in [3.05, 3.63) is 106 Å². The lowest BCUT2D eigenvalue weighted by atomic mass is 9.85. The molecule has 3 aromatic carbocycles. The molecule has 2 heterocycles. The number of hydrogen-bond acceptors (Lipinski definition) is 10. The van der Waals surface area contributed by atoms with Crippen LogP contribution in [0.5, 0.6) is 0 Å². The molecule has 11 atom stereocenters. The Bertz CT molecular complexity index is 2650. The molecule has 78 heavy (non-hydrogen) atoms. The van der Waals surface area contributed by atoms with Gasteiger partial charge in [0.05, 0.1) is 31.0 Å². The Kier molecular flexibility index (Phi) is 19.6. The Morgan fingerprint density at radius 2 is 1.04 bits per heavy atom. The fourth-order valence-corrected chi connectivity index (χ4v) is 11.9. The number of amides is 7. The molecule has 0 aromatic heterocycles. The second kappa shape index (κ2) is 25.7. The van der Waals surface area contributed by atoms with Crippen molar-refractivity contribution >= 4 is 41.4 Å². The summed E-state index contributed by atoms with van der Waals surface area (Å²) in [5.74, 6) is -2.02. The Labute approximate surface area is 462 Å². The van der Waals surface area contributed by atoms with Gasteiger partial charge in [-0.15, -0.1) is 0 Å². The van der Waals surface area contributed by atoms with E-state index in [1.54, 1.807) is 27.9 Å². The molecule has 17 heteroatoms. The fraction of sp³-hybridized carbons (Fsp3) is 0.590. The van der Waals surface area contributed by atoms with Crippen LogP contribution in [-0.4, -0.2) is 133 Å². The van der Waals surface area contributed by atoms with Gasteiger partial charge in [-0.05, 0) is 130 Å². The van der Waals surface area contributed by atoms with Gasteiger partial charge in [0.15, 0.2) is 0 Å². The normalized spacial score (nSPS) is 23.1. The topological polar surface area (TPSA) is 222 Å². The molecule has 17 nitrogen and oxygen atoms in total. The first-order chi connectivity index (χ1) is 36.9. The lowest BCUT2D eigenvalue weighted by molar-refractivity contribution is -0.144. The van der Waals surface area contributed by atoms with Crippen molar-refractivity contribution in [3.63, 3.8) is 0 Å². The summed E-state index contributed by atoms with van der Waals surface area (Å²) in [5.41, 5.74) is 4.95. The average Bonchev–Trinajstić information content (AvgIpc) is 4.06. The van der Waals surface area contributed by atoms with E-state index < -0.39 is 53.0 Å². The molecule has 2 aliphatic carbocycles. The summed E-state index contributed by atoms with van der Waals surface area (Å²) >= 11 is 0. The number of likely N-dealkylation sites (tertiary alicyclic amines) is 2. The molecule has 3 aromatic rings. The third-order valence-corrected chi connectivity index (χ3v) is 16.5. The number of likely N-dealkylation sites (N-methyl/N-ethyl adjacent to an activating group) is 2. The molecule has 7 amide bonds. The van der Waals surface area contributed by atoms with Crippen LogP contribution in [0, 0.1) is 10.8 Å². The van der Waals surface area contributed by atoms with Gasteiger partial charge >= 0.3 is 0 Å². The van der Waals surface area contributed by atoms with Crippen molar-refractivity contribution in [3.8, 4) is 0 Å². The van der Waals surface area contributed by atoms with Crippen LogP contribution in [0.4, 0.5) is 0 Å². The summed E-state index contributed by atoms with van der Waals surface area (Å²) in [7, 11) is 3.38. The van der Waals surface area contributed by atoms with Crippen molar-refractivity contribution in [1.82, 2.24) is 52.3 Å². The molecule has 1 unspecified atom stereocenters. The number of nitrogens with zero attached hydrogens (tertiary/aromatic N) is 2. The largest absolute Gasteiger partial charge is 0.351 e. The van der Waals surface area contributed by atoms with E-state index in [0.717, 1.165) is 44.1 Å². The van der Waals surface area contributed by atoms with Crippen LogP contribution < -0.4 is 42.5 Å². The number of benzene rings is 3. The number of carbonyl (C=O) groups is 7. The molecule has 2 aliphatic heterocycles. The number of rotatable bonds is 19. The average molecular weight is 1070 g/mol. The first-order valence-electron chi connectivity index (χ1n) is 28.4. The van der Waals surface area contributed by atoms with Crippen molar-refractivity contribution in [1.29, 1.82) is 0 Å². The maximum Gasteiger partial charge on any atom is 0.246 e. The predicted octanol–water partition coefficient (Wildman–Crippen LogP) is 4.47. The monoisotopic (exact) mass is 1070 g/mol. The highest BCUT2D eigenvalue weighted by molar-refractivity contribution is 5.95. The SMILES string of the molecule is CN[C@@H](C)C(=O)N[C@H](C(=O)N1C[C@@H](NC(=O)Cc2cccc(CC(=O)N[C@H]3C[C@@H](C(C)N[C@@H]4CCCc5ccccc54)N(C(=O)[C@@H](NC(=O)[C@H](C)NC)C(C)(C)C)C3)c2)C[C@H]1C(=O)N[C@@H]1CCCc2ccccc21)C(C)(C)C. The van der Waals surface area contributed by atoms with E-state index in [9.17, 15) is 33.6 Å². The second-order valence-corrected chi connectivity index (χ2v) is 24.6. The van der Waals surface area contributed by atoms with Gasteiger partial charge in [-0.1, -0.05) is 114 Å². The van der Waals surface area contributed by atoms with E-state index in [2.05, 4.69) is 79.8 Å². The summed E-state index contributed by atoms with van der Waals surface area (Å²) < 4.78 is 0. The minimum atomic E-state index is -0.949. The fourth-order valence-electron chi connectivity index (χ4n) is 11.9. The second-order valence-electron chi connectivity index (χ2n) is 24.6. The summed E-state index contributed by atoms with van der Waals surface area (Å²) in [6, 6.07) is 18.8.